The van der Waals surface area contributed by atoms with Gasteiger partial charge in [0.15, 0.2) is 5.96 Å². The van der Waals surface area contributed by atoms with Gasteiger partial charge in [-0.3, -0.25) is 9.98 Å². The van der Waals surface area contributed by atoms with E-state index in [-0.39, 0.29) is 0 Å². The number of pyridine rings is 1. The molecule has 5 nitrogen and oxygen atoms in total. The lowest BCUT2D eigenvalue weighted by Crippen LogP contribution is -2.38. The van der Waals surface area contributed by atoms with E-state index in [1.165, 1.54) is 5.56 Å². The van der Waals surface area contributed by atoms with E-state index in [1.54, 1.807) is 0 Å². The van der Waals surface area contributed by atoms with Crippen LogP contribution in [0.4, 0.5) is 0 Å². The number of aliphatic imine (C=N–C) groups is 1. The molecule has 20 heavy (non-hydrogen) atoms. The molecule has 112 valence electrons. The van der Waals surface area contributed by atoms with Crippen LogP contribution < -0.4 is 10.6 Å². The van der Waals surface area contributed by atoms with E-state index in [4.69, 9.17) is 4.74 Å². The van der Waals surface area contributed by atoms with Crippen LogP contribution in [-0.2, 0) is 11.2 Å². The van der Waals surface area contributed by atoms with Crippen molar-refractivity contribution in [1.82, 2.24) is 15.6 Å². The Kier molecular flexibility index (Phi) is 8.38. The van der Waals surface area contributed by atoms with Crippen LogP contribution in [-0.4, -0.2) is 43.8 Å². The molecule has 0 radical (unpaired) electrons. The predicted octanol–water partition coefficient (Wildman–Crippen LogP) is 1.52. The highest BCUT2D eigenvalue weighted by atomic mass is 16.5. The first-order valence-corrected chi connectivity index (χ1v) is 7.27. The van der Waals surface area contributed by atoms with Crippen LogP contribution in [0.3, 0.4) is 0 Å². The Hall–Kier alpha value is -1.62. The summed E-state index contributed by atoms with van der Waals surface area (Å²) in [5, 5.41) is 6.54. The summed E-state index contributed by atoms with van der Waals surface area (Å²) in [6.07, 6.45) is 2.86. The molecular weight excluding hydrogens is 252 g/mol. The van der Waals surface area contributed by atoms with E-state index in [2.05, 4.69) is 33.6 Å². The quantitative estimate of drug-likeness (QED) is 0.430. The minimum atomic E-state index is 0.662. The lowest BCUT2D eigenvalue weighted by Gasteiger charge is -2.11. The Morgan fingerprint density at radius 2 is 2.15 bits per heavy atom. The molecular formula is C15H26N4O. The third kappa shape index (κ3) is 7.09. The summed E-state index contributed by atoms with van der Waals surface area (Å²) in [4.78, 5) is 8.74. The van der Waals surface area contributed by atoms with Crippen LogP contribution in [0.15, 0.2) is 23.3 Å². The van der Waals surface area contributed by atoms with Crippen molar-refractivity contribution in [2.75, 3.05) is 32.8 Å². The standard InChI is InChI=1S/C15H26N4O/c1-4-16-15(18-10-11-20-5-2)17-9-8-14-7-6-13(3)19-12-14/h6-7,12H,4-5,8-11H2,1-3H3,(H2,16,17,18). The Balaban J connectivity index is 2.32. The summed E-state index contributed by atoms with van der Waals surface area (Å²) >= 11 is 0. The molecule has 0 bridgehead atoms. The van der Waals surface area contributed by atoms with Crippen LogP contribution in [0, 0.1) is 6.92 Å². The molecule has 0 aliphatic heterocycles. The molecule has 0 atom stereocenters. The van der Waals surface area contributed by atoms with Crippen molar-refractivity contribution < 1.29 is 4.74 Å². The molecule has 0 aliphatic rings. The van der Waals surface area contributed by atoms with Gasteiger partial charge in [-0.25, -0.2) is 0 Å². The molecule has 0 aliphatic carbocycles. The second-order valence-electron chi connectivity index (χ2n) is 4.44. The van der Waals surface area contributed by atoms with E-state index in [0.717, 1.165) is 37.8 Å². The third-order valence-electron chi connectivity index (χ3n) is 2.73. The lowest BCUT2D eigenvalue weighted by molar-refractivity contribution is 0.155. The largest absolute Gasteiger partial charge is 0.380 e. The van der Waals surface area contributed by atoms with Crippen molar-refractivity contribution in [2.45, 2.75) is 27.2 Å². The van der Waals surface area contributed by atoms with E-state index < -0.39 is 0 Å². The lowest BCUT2D eigenvalue weighted by atomic mass is 10.2. The number of nitrogens with one attached hydrogen (secondary N) is 2. The molecule has 0 unspecified atom stereocenters. The first-order valence-electron chi connectivity index (χ1n) is 7.27. The molecule has 0 saturated carbocycles. The maximum absolute atomic E-state index is 5.28. The number of hydrogen-bond acceptors (Lipinski definition) is 3. The molecule has 5 heteroatoms. The van der Waals surface area contributed by atoms with Crippen molar-refractivity contribution in [3.05, 3.63) is 29.6 Å². The van der Waals surface area contributed by atoms with Gasteiger partial charge >= 0.3 is 0 Å². The number of ether oxygens (including phenoxy) is 1. The zero-order valence-corrected chi connectivity index (χ0v) is 12.8. The topological polar surface area (TPSA) is 58.5 Å². The van der Waals surface area contributed by atoms with Crippen LogP contribution in [0.5, 0.6) is 0 Å². The first kappa shape index (κ1) is 16.4. The van der Waals surface area contributed by atoms with Gasteiger partial charge in [-0.2, -0.15) is 0 Å². The maximum Gasteiger partial charge on any atom is 0.191 e. The van der Waals surface area contributed by atoms with E-state index in [9.17, 15) is 0 Å². The molecule has 1 aromatic rings. The number of guanidine groups is 1. The van der Waals surface area contributed by atoms with E-state index >= 15 is 0 Å². The summed E-state index contributed by atoms with van der Waals surface area (Å²) in [6.45, 7) is 9.81. The average molecular weight is 278 g/mol. The minimum absolute atomic E-state index is 0.662. The van der Waals surface area contributed by atoms with E-state index in [0.29, 0.717) is 13.2 Å². The zero-order chi connectivity index (χ0) is 14.6. The van der Waals surface area contributed by atoms with Crippen molar-refractivity contribution in [1.29, 1.82) is 0 Å². The zero-order valence-electron chi connectivity index (χ0n) is 12.8. The number of aromatic nitrogens is 1. The highest BCUT2D eigenvalue weighted by Gasteiger charge is 1.98. The number of nitrogens with zero attached hydrogens (tertiary/aromatic N) is 2. The molecule has 2 N–H and O–H groups in total. The molecule has 0 aromatic carbocycles. The second-order valence-corrected chi connectivity index (χ2v) is 4.44. The van der Waals surface area contributed by atoms with Gasteiger partial charge in [0.1, 0.15) is 0 Å². The normalized spacial score (nSPS) is 11.4. The van der Waals surface area contributed by atoms with Gasteiger partial charge in [0, 0.05) is 31.6 Å². The third-order valence-corrected chi connectivity index (χ3v) is 2.73. The number of rotatable bonds is 8. The van der Waals surface area contributed by atoms with Gasteiger partial charge in [0.05, 0.1) is 13.2 Å². The van der Waals surface area contributed by atoms with Gasteiger partial charge in [0.2, 0.25) is 0 Å². The van der Waals surface area contributed by atoms with Crippen LogP contribution in [0.25, 0.3) is 0 Å². The molecule has 1 heterocycles. The Bertz CT molecular complexity index is 389. The van der Waals surface area contributed by atoms with Crippen molar-refractivity contribution in [2.24, 2.45) is 4.99 Å². The highest BCUT2D eigenvalue weighted by molar-refractivity contribution is 5.79. The second kappa shape index (κ2) is 10.2. The molecule has 1 aromatic heterocycles. The Morgan fingerprint density at radius 1 is 1.30 bits per heavy atom. The summed E-state index contributed by atoms with van der Waals surface area (Å²) in [6, 6.07) is 4.15. The average Bonchev–Trinajstić information content (AvgIpc) is 2.45. The maximum atomic E-state index is 5.28. The minimum Gasteiger partial charge on any atom is -0.380 e. The van der Waals surface area contributed by atoms with Crippen LogP contribution in [0.1, 0.15) is 25.1 Å². The molecule has 1 rings (SSSR count). The smallest absolute Gasteiger partial charge is 0.191 e. The fourth-order valence-corrected chi connectivity index (χ4v) is 1.68. The summed E-state index contributed by atoms with van der Waals surface area (Å²) in [5.74, 6) is 0.840. The molecule has 0 amide bonds. The van der Waals surface area contributed by atoms with Gasteiger partial charge in [-0.15, -0.1) is 0 Å². The summed E-state index contributed by atoms with van der Waals surface area (Å²) in [5.41, 5.74) is 2.28. The number of aryl methyl sites for hydroxylation is 1. The van der Waals surface area contributed by atoms with Crippen molar-refractivity contribution >= 4 is 5.96 Å². The predicted molar refractivity (Wildman–Crippen MR) is 83.2 cm³/mol. The van der Waals surface area contributed by atoms with Crippen molar-refractivity contribution in [3.63, 3.8) is 0 Å². The SMILES string of the molecule is CCNC(=NCCOCC)NCCc1ccc(C)nc1. The monoisotopic (exact) mass is 278 g/mol. The highest BCUT2D eigenvalue weighted by Crippen LogP contribution is 1.99. The van der Waals surface area contributed by atoms with Gasteiger partial charge in [-0.05, 0) is 38.8 Å². The molecule has 0 spiro atoms. The van der Waals surface area contributed by atoms with Crippen LogP contribution in [0.2, 0.25) is 0 Å². The summed E-state index contributed by atoms with van der Waals surface area (Å²) in [7, 11) is 0. The van der Waals surface area contributed by atoms with E-state index in [1.807, 2.05) is 26.1 Å². The van der Waals surface area contributed by atoms with Crippen molar-refractivity contribution in [3.8, 4) is 0 Å². The fourth-order valence-electron chi connectivity index (χ4n) is 1.68. The summed E-state index contributed by atoms with van der Waals surface area (Å²) < 4.78 is 5.28. The fraction of sp³-hybridized carbons (Fsp3) is 0.600. The Labute approximate surface area is 121 Å². The first-order chi connectivity index (χ1) is 9.76. The molecule has 0 fully saturated rings. The van der Waals surface area contributed by atoms with Gasteiger partial charge in [0.25, 0.3) is 0 Å². The number of hydrogen-bond donors (Lipinski definition) is 2. The molecule has 0 saturated heterocycles. The van der Waals surface area contributed by atoms with Crippen LogP contribution >= 0.6 is 0 Å². The van der Waals surface area contributed by atoms with Gasteiger partial charge < -0.3 is 15.4 Å². The van der Waals surface area contributed by atoms with Gasteiger partial charge in [-0.1, -0.05) is 6.07 Å². The Morgan fingerprint density at radius 3 is 2.80 bits per heavy atom.